The number of hydrogen-bond acceptors (Lipinski definition) is 3. The van der Waals surface area contributed by atoms with Gasteiger partial charge in [0, 0.05) is 32.1 Å². The van der Waals surface area contributed by atoms with Gasteiger partial charge in [0.2, 0.25) is 5.91 Å². The molecule has 0 saturated carbocycles. The van der Waals surface area contributed by atoms with E-state index < -0.39 is 17.5 Å². The third-order valence-electron chi connectivity index (χ3n) is 3.95. The molecule has 0 aromatic heterocycles. The summed E-state index contributed by atoms with van der Waals surface area (Å²) in [5.74, 6) is -2.12. The Kier molecular flexibility index (Phi) is 8.07. The van der Waals surface area contributed by atoms with Gasteiger partial charge in [-0.25, -0.2) is 8.78 Å². The molecular weight excluding hydrogens is 340 g/mol. The van der Waals surface area contributed by atoms with Crippen LogP contribution in [-0.4, -0.2) is 42.4 Å². The van der Waals surface area contributed by atoms with Crippen molar-refractivity contribution in [3.8, 4) is 0 Å². The van der Waals surface area contributed by atoms with E-state index in [0.717, 1.165) is 31.0 Å². The highest BCUT2D eigenvalue weighted by Crippen LogP contribution is 2.21. The summed E-state index contributed by atoms with van der Waals surface area (Å²) < 4.78 is 27.1. The van der Waals surface area contributed by atoms with Crippen LogP contribution in [-0.2, 0) is 4.79 Å². The summed E-state index contributed by atoms with van der Waals surface area (Å²) >= 11 is 0. The van der Waals surface area contributed by atoms with Crippen LogP contribution in [0.1, 0.15) is 36.0 Å². The molecule has 1 aliphatic rings. The highest BCUT2D eigenvalue weighted by molar-refractivity contribution is 5.94. The standard InChI is InChI=1S/C16H21F2N3O2.ClH/c17-11-4-5-14(18)13(9-11)16(23)21-8-2-1-3-12(21)10-20-15(22)6-7-19;/h4-5,9,12H,1-3,6-8,10,19H2,(H,20,22);1H. The molecule has 24 heavy (non-hydrogen) atoms. The Morgan fingerprint density at radius 2 is 2.04 bits per heavy atom. The number of nitrogens with zero attached hydrogens (tertiary/aromatic N) is 1. The van der Waals surface area contributed by atoms with Gasteiger partial charge in [0.1, 0.15) is 11.6 Å². The molecule has 1 fully saturated rings. The van der Waals surface area contributed by atoms with Gasteiger partial charge in [0.25, 0.3) is 5.91 Å². The van der Waals surface area contributed by atoms with Crippen LogP contribution in [0.2, 0.25) is 0 Å². The van der Waals surface area contributed by atoms with E-state index in [1.807, 2.05) is 0 Å². The molecule has 2 rings (SSSR count). The maximum absolute atomic E-state index is 13.8. The van der Waals surface area contributed by atoms with Gasteiger partial charge in [-0.3, -0.25) is 9.59 Å². The number of hydrogen-bond donors (Lipinski definition) is 2. The van der Waals surface area contributed by atoms with Gasteiger partial charge in [-0.05, 0) is 37.5 Å². The van der Waals surface area contributed by atoms with E-state index in [1.54, 1.807) is 0 Å². The average molecular weight is 362 g/mol. The summed E-state index contributed by atoms with van der Waals surface area (Å²) in [5, 5.41) is 2.73. The van der Waals surface area contributed by atoms with Gasteiger partial charge in [-0.15, -0.1) is 12.4 Å². The van der Waals surface area contributed by atoms with Gasteiger partial charge in [-0.1, -0.05) is 0 Å². The molecule has 134 valence electrons. The Bertz CT molecular complexity index is 586. The predicted molar refractivity (Wildman–Crippen MR) is 89.0 cm³/mol. The Labute approximate surface area is 146 Å². The zero-order chi connectivity index (χ0) is 16.8. The van der Waals surface area contributed by atoms with Crippen molar-refractivity contribution in [1.82, 2.24) is 10.2 Å². The average Bonchev–Trinajstić information content (AvgIpc) is 2.55. The maximum atomic E-state index is 13.8. The number of likely N-dealkylation sites (tertiary alicyclic amines) is 1. The first-order valence-electron chi connectivity index (χ1n) is 7.75. The fraction of sp³-hybridized carbons (Fsp3) is 0.500. The molecule has 1 heterocycles. The van der Waals surface area contributed by atoms with Crippen molar-refractivity contribution in [2.24, 2.45) is 5.73 Å². The summed E-state index contributed by atoms with van der Waals surface area (Å²) in [4.78, 5) is 25.6. The van der Waals surface area contributed by atoms with Crippen LogP contribution in [0.3, 0.4) is 0 Å². The number of nitrogens with two attached hydrogens (primary N) is 1. The van der Waals surface area contributed by atoms with E-state index in [0.29, 0.717) is 19.5 Å². The lowest BCUT2D eigenvalue weighted by molar-refractivity contribution is -0.121. The first kappa shape index (κ1) is 20.3. The van der Waals surface area contributed by atoms with Crippen molar-refractivity contribution in [2.75, 3.05) is 19.6 Å². The molecule has 0 spiro atoms. The van der Waals surface area contributed by atoms with Crippen LogP contribution in [0.15, 0.2) is 18.2 Å². The van der Waals surface area contributed by atoms with Crippen molar-refractivity contribution < 1.29 is 18.4 Å². The highest BCUT2D eigenvalue weighted by atomic mass is 35.5. The molecule has 8 heteroatoms. The quantitative estimate of drug-likeness (QED) is 0.840. The third kappa shape index (κ3) is 5.14. The summed E-state index contributed by atoms with van der Waals surface area (Å²) in [6.45, 7) is 1.02. The zero-order valence-corrected chi connectivity index (χ0v) is 14.1. The van der Waals surface area contributed by atoms with Crippen LogP contribution in [0.5, 0.6) is 0 Å². The molecule has 5 nitrogen and oxygen atoms in total. The lowest BCUT2D eigenvalue weighted by Crippen LogP contribution is -2.49. The predicted octanol–water partition coefficient (Wildman–Crippen LogP) is 1.85. The number of piperidine rings is 1. The summed E-state index contributed by atoms with van der Waals surface area (Å²) in [6, 6.07) is 2.62. The minimum atomic E-state index is -0.743. The first-order valence-corrected chi connectivity index (χ1v) is 7.75. The summed E-state index contributed by atoms with van der Waals surface area (Å²) in [6.07, 6.45) is 2.66. The van der Waals surface area contributed by atoms with E-state index in [9.17, 15) is 18.4 Å². The van der Waals surface area contributed by atoms with E-state index >= 15 is 0 Å². The molecule has 1 saturated heterocycles. The summed E-state index contributed by atoms with van der Waals surface area (Å²) in [5.41, 5.74) is 5.04. The Morgan fingerprint density at radius 3 is 2.75 bits per heavy atom. The molecular formula is C16H22ClF2N3O2. The molecule has 1 aliphatic heterocycles. The van der Waals surface area contributed by atoms with Crippen molar-refractivity contribution in [1.29, 1.82) is 0 Å². The lowest BCUT2D eigenvalue weighted by Gasteiger charge is -2.36. The number of carbonyl (C=O) groups excluding carboxylic acids is 2. The second-order valence-electron chi connectivity index (χ2n) is 5.62. The molecule has 1 aromatic carbocycles. The molecule has 0 bridgehead atoms. The Hall–Kier alpha value is -1.73. The van der Waals surface area contributed by atoms with E-state index in [-0.39, 0.29) is 42.9 Å². The smallest absolute Gasteiger partial charge is 0.257 e. The topological polar surface area (TPSA) is 75.4 Å². The van der Waals surface area contributed by atoms with Crippen LogP contribution >= 0.6 is 12.4 Å². The minimum Gasteiger partial charge on any atom is -0.354 e. The van der Waals surface area contributed by atoms with Crippen molar-refractivity contribution >= 4 is 24.2 Å². The maximum Gasteiger partial charge on any atom is 0.257 e. The first-order chi connectivity index (χ1) is 11.0. The number of carbonyl (C=O) groups is 2. The second kappa shape index (κ2) is 9.54. The fourth-order valence-electron chi connectivity index (χ4n) is 2.75. The molecule has 1 aromatic rings. The largest absolute Gasteiger partial charge is 0.354 e. The molecule has 0 aliphatic carbocycles. The summed E-state index contributed by atoms with van der Waals surface area (Å²) in [7, 11) is 0. The lowest BCUT2D eigenvalue weighted by atomic mass is 10.0. The van der Waals surface area contributed by atoms with Crippen LogP contribution in [0.25, 0.3) is 0 Å². The van der Waals surface area contributed by atoms with Gasteiger partial charge in [-0.2, -0.15) is 0 Å². The number of amides is 2. The van der Waals surface area contributed by atoms with Gasteiger partial charge in [0.05, 0.1) is 5.56 Å². The SMILES string of the molecule is Cl.NCCC(=O)NCC1CCCCN1C(=O)c1cc(F)ccc1F. The normalized spacial score (nSPS) is 17.1. The number of halogens is 3. The Morgan fingerprint density at radius 1 is 1.29 bits per heavy atom. The zero-order valence-electron chi connectivity index (χ0n) is 13.3. The van der Waals surface area contributed by atoms with Gasteiger partial charge >= 0.3 is 0 Å². The number of benzene rings is 1. The van der Waals surface area contributed by atoms with E-state index in [1.165, 1.54) is 4.90 Å². The van der Waals surface area contributed by atoms with Crippen molar-refractivity contribution in [3.63, 3.8) is 0 Å². The van der Waals surface area contributed by atoms with Crippen LogP contribution < -0.4 is 11.1 Å². The van der Waals surface area contributed by atoms with Crippen LogP contribution in [0.4, 0.5) is 8.78 Å². The van der Waals surface area contributed by atoms with E-state index in [4.69, 9.17) is 5.73 Å². The minimum absolute atomic E-state index is 0. The molecule has 1 atom stereocenters. The van der Waals surface area contributed by atoms with Crippen molar-refractivity contribution in [2.45, 2.75) is 31.7 Å². The molecule has 1 unspecified atom stereocenters. The highest BCUT2D eigenvalue weighted by Gasteiger charge is 2.29. The Balaban J connectivity index is 0.00000288. The molecule has 3 N–H and O–H groups in total. The number of nitrogens with one attached hydrogen (secondary N) is 1. The molecule has 2 amide bonds. The van der Waals surface area contributed by atoms with Crippen molar-refractivity contribution in [3.05, 3.63) is 35.4 Å². The third-order valence-corrected chi connectivity index (χ3v) is 3.95. The van der Waals surface area contributed by atoms with Gasteiger partial charge in [0.15, 0.2) is 0 Å². The second-order valence-corrected chi connectivity index (χ2v) is 5.62. The van der Waals surface area contributed by atoms with Crippen LogP contribution in [0, 0.1) is 11.6 Å². The van der Waals surface area contributed by atoms with Gasteiger partial charge < -0.3 is 16.0 Å². The number of rotatable bonds is 5. The monoisotopic (exact) mass is 361 g/mol. The van der Waals surface area contributed by atoms with E-state index in [2.05, 4.69) is 5.32 Å². The fourth-order valence-corrected chi connectivity index (χ4v) is 2.75. The molecule has 0 radical (unpaired) electrons.